The molecule has 7 nitrogen and oxygen atoms in total. The lowest BCUT2D eigenvalue weighted by Gasteiger charge is -2.35. The molecular formula is C24H30N2O5. The van der Waals surface area contributed by atoms with Gasteiger partial charge in [0.2, 0.25) is 0 Å². The lowest BCUT2D eigenvalue weighted by atomic mass is 9.78. The summed E-state index contributed by atoms with van der Waals surface area (Å²) in [7, 11) is 1.64. The van der Waals surface area contributed by atoms with Gasteiger partial charge in [-0.05, 0) is 67.5 Å². The summed E-state index contributed by atoms with van der Waals surface area (Å²) in [6.07, 6.45) is 2.96. The van der Waals surface area contributed by atoms with E-state index in [1.165, 1.54) is 4.57 Å². The predicted molar refractivity (Wildman–Crippen MR) is 116 cm³/mol. The van der Waals surface area contributed by atoms with Crippen LogP contribution in [0.25, 0.3) is 0 Å². The average molecular weight is 427 g/mol. The number of hydrogen-bond donors (Lipinski definition) is 1. The molecule has 4 atom stereocenters. The maximum atomic E-state index is 12.9. The molecule has 1 saturated carbocycles. The van der Waals surface area contributed by atoms with Gasteiger partial charge in [0.1, 0.15) is 23.2 Å². The van der Waals surface area contributed by atoms with Crippen molar-refractivity contribution in [3.05, 3.63) is 58.5 Å². The third-order valence-corrected chi connectivity index (χ3v) is 6.31. The van der Waals surface area contributed by atoms with E-state index in [1.54, 1.807) is 30.3 Å². The molecule has 4 rings (SSSR count). The number of aliphatic hydroxyl groups is 1. The molecule has 1 N–H and O–H groups in total. The molecule has 2 fully saturated rings. The first kappa shape index (κ1) is 21.4. The van der Waals surface area contributed by atoms with E-state index in [0.29, 0.717) is 38.3 Å². The number of amides is 1. The molecule has 0 unspecified atom stereocenters. The lowest BCUT2D eigenvalue weighted by Crippen LogP contribution is -2.42. The molecule has 166 valence electrons. The zero-order valence-electron chi connectivity index (χ0n) is 18.1. The van der Waals surface area contributed by atoms with Gasteiger partial charge >= 0.3 is 0 Å². The molecule has 1 saturated heterocycles. The molecule has 7 heteroatoms. The molecule has 1 aliphatic heterocycles. The second-order valence-corrected chi connectivity index (χ2v) is 8.58. The number of pyridine rings is 1. The normalized spacial score (nSPS) is 25.2. The molecule has 2 aliphatic rings. The third kappa shape index (κ3) is 4.61. The van der Waals surface area contributed by atoms with Crippen molar-refractivity contribution in [3.8, 4) is 11.5 Å². The summed E-state index contributed by atoms with van der Waals surface area (Å²) in [5.74, 6) is 1.74. The van der Waals surface area contributed by atoms with Gasteiger partial charge in [0, 0.05) is 26.3 Å². The summed E-state index contributed by atoms with van der Waals surface area (Å²) in [6, 6.07) is 10.8. The molecule has 0 radical (unpaired) electrons. The molecule has 1 aromatic heterocycles. The van der Waals surface area contributed by atoms with Gasteiger partial charge in [-0.1, -0.05) is 6.92 Å². The first-order chi connectivity index (χ1) is 15.0. The third-order valence-electron chi connectivity index (χ3n) is 6.31. The highest BCUT2D eigenvalue weighted by Gasteiger charge is 2.44. The van der Waals surface area contributed by atoms with Crippen LogP contribution in [-0.2, 0) is 7.05 Å². The zero-order chi connectivity index (χ0) is 22.0. The Kier molecular flexibility index (Phi) is 6.32. The van der Waals surface area contributed by atoms with Crippen molar-refractivity contribution in [2.45, 2.75) is 38.4 Å². The summed E-state index contributed by atoms with van der Waals surface area (Å²) < 4.78 is 13.1. The standard InChI is InChI=1S/C24H30N2O5/c1-3-11-30-18-6-8-19(9-7-18)31-22-13-17-15-26(14-16(17)12-21(22)27)24(29)20-5-4-10-25(2)23(20)28/h4-10,16-17,21-22,27H,3,11-15H2,1-2H3/t16-,17+,21+,22+/m0/s1. The number of rotatable bonds is 6. The first-order valence-corrected chi connectivity index (χ1v) is 11.0. The number of benzene rings is 1. The van der Waals surface area contributed by atoms with Crippen molar-refractivity contribution < 1.29 is 19.4 Å². The fourth-order valence-corrected chi connectivity index (χ4v) is 4.62. The van der Waals surface area contributed by atoms with E-state index in [1.807, 2.05) is 24.3 Å². The van der Waals surface area contributed by atoms with E-state index in [0.717, 1.165) is 12.2 Å². The molecular weight excluding hydrogens is 396 g/mol. The highest BCUT2D eigenvalue weighted by molar-refractivity contribution is 5.94. The number of carbonyl (C=O) groups excluding carboxylic acids is 1. The van der Waals surface area contributed by atoms with E-state index in [2.05, 4.69) is 6.92 Å². The maximum Gasteiger partial charge on any atom is 0.263 e. The van der Waals surface area contributed by atoms with Gasteiger partial charge in [-0.25, -0.2) is 0 Å². The Hall–Kier alpha value is -2.80. The minimum atomic E-state index is -0.586. The summed E-state index contributed by atoms with van der Waals surface area (Å²) in [6.45, 7) is 3.88. The van der Waals surface area contributed by atoms with Crippen LogP contribution in [0.15, 0.2) is 47.4 Å². The van der Waals surface area contributed by atoms with Crippen LogP contribution < -0.4 is 15.0 Å². The van der Waals surface area contributed by atoms with Crippen molar-refractivity contribution in [3.63, 3.8) is 0 Å². The van der Waals surface area contributed by atoms with E-state index in [4.69, 9.17) is 9.47 Å². The Balaban J connectivity index is 1.39. The number of carbonyl (C=O) groups is 1. The van der Waals surface area contributed by atoms with Crippen LogP contribution in [0.3, 0.4) is 0 Å². The Morgan fingerprint density at radius 2 is 1.77 bits per heavy atom. The van der Waals surface area contributed by atoms with Crippen LogP contribution in [0.2, 0.25) is 0 Å². The van der Waals surface area contributed by atoms with E-state index in [9.17, 15) is 14.7 Å². The maximum absolute atomic E-state index is 12.9. The fraction of sp³-hybridized carbons (Fsp3) is 0.500. The smallest absolute Gasteiger partial charge is 0.263 e. The van der Waals surface area contributed by atoms with Gasteiger partial charge in [0.25, 0.3) is 11.5 Å². The molecule has 31 heavy (non-hydrogen) atoms. The average Bonchev–Trinajstić information content (AvgIpc) is 3.17. The van der Waals surface area contributed by atoms with Crippen molar-refractivity contribution in [2.75, 3.05) is 19.7 Å². The monoisotopic (exact) mass is 426 g/mol. The number of likely N-dealkylation sites (tertiary alicyclic amines) is 1. The van der Waals surface area contributed by atoms with E-state index < -0.39 is 6.10 Å². The summed E-state index contributed by atoms with van der Waals surface area (Å²) in [5, 5.41) is 10.7. The fourth-order valence-electron chi connectivity index (χ4n) is 4.62. The number of aromatic nitrogens is 1. The quantitative estimate of drug-likeness (QED) is 0.768. The second-order valence-electron chi connectivity index (χ2n) is 8.58. The summed E-state index contributed by atoms with van der Waals surface area (Å²) in [4.78, 5) is 27.0. The molecule has 1 amide bonds. The Labute approximate surface area is 182 Å². The van der Waals surface area contributed by atoms with Gasteiger partial charge < -0.3 is 24.0 Å². The molecule has 2 heterocycles. The van der Waals surface area contributed by atoms with E-state index >= 15 is 0 Å². The van der Waals surface area contributed by atoms with Crippen LogP contribution in [0.4, 0.5) is 0 Å². The number of nitrogens with zero attached hydrogens (tertiary/aromatic N) is 2. The highest BCUT2D eigenvalue weighted by atomic mass is 16.5. The number of aryl methyl sites for hydroxylation is 1. The predicted octanol–water partition coefficient (Wildman–Crippen LogP) is 2.46. The number of hydrogen-bond acceptors (Lipinski definition) is 5. The van der Waals surface area contributed by atoms with Gasteiger partial charge in [-0.3, -0.25) is 9.59 Å². The largest absolute Gasteiger partial charge is 0.494 e. The zero-order valence-corrected chi connectivity index (χ0v) is 18.1. The number of aliphatic hydroxyl groups excluding tert-OH is 1. The van der Waals surface area contributed by atoms with Crippen molar-refractivity contribution in [2.24, 2.45) is 18.9 Å². The van der Waals surface area contributed by atoms with Crippen LogP contribution in [0, 0.1) is 11.8 Å². The molecule has 2 aromatic rings. The van der Waals surface area contributed by atoms with Gasteiger partial charge in [-0.2, -0.15) is 0 Å². The minimum absolute atomic E-state index is 0.197. The summed E-state index contributed by atoms with van der Waals surface area (Å²) >= 11 is 0. The number of fused-ring (bicyclic) bond motifs is 1. The molecule has 0 bridgehead atoms. The second kappa shape index (κ2) is 9.14. The SMILES string of the molecule is CCCOc1ccc(O[C@@H]2C[C@@H]3CN(C(=O)c4cccn(C)c4=O)C[C@@H]3C[C@H]2O)cc1. The van der Waals surface area contributed by atoms with Crippen molar-refractivity contribution in [1.29, 1.82) is 0 Å². The Morgan fingerprint density at radius 3 is 2.48 bits per heavy atom. The van der Waals surface area contributed by atoms with Crippen LogP contribution >= 0.6 is 0 Å². The highest BCUT2D eigenvalue weighted by Crippen LogP contribution is 2.38. The molecule has 1 aliphatic carbocycles. The lowest BCUT2D eigenvalue weighted by molar-refractivity contribution is -0.0231. The van der Waals surface area contributed by atoms with Crippen molar-refractivity contribution in [1.82, 2.24) is 9.47 Å². The minimum Gasteiger partial charge on any atom is -0.494 e. The Morgan fingerprint density at radius 1 is 1.10 bits per heavy atom. The van der Waals surface area contributed by atoms with Gasteiger partial charge in [0.05, 0.1) is 12.7 Å². The Bertz CT molecular complexity index is 971. The van der Waals surface area contributed by atoms with E-state index in [-0.39, 0.29) is 35.0 Å². The first-order valence-electron chi connectivity index (χ1n) is 11.0. The molecule has 1 aromatic carbocycles. The van der Waals surface area contributed by atoms with Crippen LogP contribution in [0.5, 0.6) is 11.5 Å². The van der Waals surface area contributed by atoms with Gasteiger partial charge in [-0.15, -0.1) is 0 Å². The number of ether oxygens (including phenoxy) is 2. The summed E-state index contributed by atoms with van der Waals surface area (Å²) in [5.41, 5.74) is -0.0858. The van der Waals surface area contributed by atoms with Crippen LogP contribution in [0.1, 0.15) is 36.5 Å². The molecule has 0 spiro atoms. The topological polar surface area (TPSA) is 81.0 Å². The van der Waals surface area contributed by atoms with Crippen molar-refractivity contribution >= 4 is 5.91 Å². The van der Waals surface area contributed by atoms with Crippen LogP contribution in [-0.4, -0.2) is 52.4 Å². The van der Waals surface area contributed by atoms with Gasteiger partial charge in [0.15, 0.2) is 0 Å².